The van der Waals surface area contributed by atoms with Gasteiger partial charge in [0.2, 0.25) is 0 Å². The van der Waals surface area contributed by atoms with Gasteiger partial charge in [-0.15, -0.1) is 0 Å². The fourth-order valence-electron chi connectivity index (χ4n) is 2.37. The van der Waals surface area contributed by atoms with Crippen LogP contribution in [0.1, 0.15) is 6.92 Å². The van der Waals surface area contributed by atoms with Crippen LogP contribution in [0.4, 0.5) is 10.9 Å². The fraction of sp³-hybridized carbons (Fsp3) is 0.118. The van der Waals surface area contributed by atoms with Gasteiger partial charge >= 0.3 is 0 Å². The maximum atomic E-state index is 6.24. The van der Waals surface area contributed by atoms with Gasteiger partial charge in [-0.25, -0.2) is 15.0 Å². The van der Waals surface area contributed by atoms with Gasteiger partial charge in [0.1, 0.15) is 5.75 Å². The van der Waals surface area contributed by atoms with E-state index in [1.54, 1.807) is 0 Å². The third-order valence-corrected chi connectivity index (χ3v) is 4.62. The molecule has 2 aromatic heterocycles. The molecule has 2 heterocycles. The summed E-state index contributed by atoms with van der Waals surface area (Å²) in [6.07, 6.45) is 0. The van der Waals surface area contributed by atoms with E-state index in [1.165, 1.54) is 11.3 Å². The number of hydrogen-bond acceptors (Lipinski definition) is 6. The maximum absolute atomic E-state index is 6.24. The first-order valence-corrected chi connectivity index (χ1v) is 8.65. The first-order chi connectivity index (χ1) is 11.7. The standard InChI is InChI=1S/C17H13ClN4OS/c1-2-23-10-7-8-13-14(9-10)24-17(21-13)22-16-15(18)19-11-5-3-4-6-12(11)20-16/h3-9H,2H2,1H3,(H,20,21,22). The molecule has 24 heavy (non-hydrogen) atoms. The molecule has 0 amide bonds. The third-order valence-electron chi connectivity index (χ3n) is 3.42. The molecule has 4 rings (SSSR count). The van der Waals surface area contributed by atoms with E-state index in [1.807, 2.05) is 49.4 Å². The Morgan fingerprint density at radius 1 is 1.04 bits per heavy atom. The molecule has 120 valence electrons. The number of ether oxygens (including phenoxy) is 1. The Labute approximate surface area is 147 Å². The molecule has 0 atom stereocenters. The van der Waals surface area contributed by atoms with Crippen LogP contribution in [0.15, 0.2) is 42.5 Å². The predicted molar refractivity (Wildman–Crippen MR) is 98.6 cm³/mol. The van der Waals surface area contributed by atoms with E-state index in [4.69, 9.17) is 16.3 Å². The second-order valence-electron chi connectivity index (χ2n) is 5.06. The molecule has 4 aromatic rings. The lowest BCUT2D eigenvalue weighted by Gasteiger charge is -2.05. The van der Waals surface area contributed by atoms with Crippen molar-refractivity contribution in [2.45, 2.75) is 6.92 Å². The number of rotatable bonds is 4. The zero-order valence-corrected chi connectivity index (χ0v) is 14.4. The van der Waals surface area contributed by atoms with Crippen LogP contribution in [-0.2, 0) is 0 Å². The van der Waals surface area contributed by atoms with Crippen molar-refractivity contribution in [3.63, 3.8) is 0 Å². The zero-order valence-electron chi connectivity index (χ0n) is 12.8. The van der Waals surface area contributed by atoms with Crippen LogP contribution >= 0.6 is 22.9 Å². The van der Waals surface area contributed by atoms with E-state index in [0.717, 1.165) is 27.0 Å². The molecule has 7 heteroatoms. The Morgan fingerprint density at radius 2 is 1.83 bits per heavy atom. The monoisotopic (exact) mass is 356 g/mol. The fourth-order valence-corrected chi connectivity index (χ4v) is 3.45. The van der Waals surface area contributed by atoms with Crippen LogP contribution in [0, 0.1) is 0 Å². The van der Waals surface area contributed by atoms with Gasteiger partial charge < -0.3 is 10.1 Å². The summed E-state index contributed by atoms with van der Waals surface area (Å²) >= 11 is 7.76. The molecule has 0 unspecified atom stereocenters. The van der Waals surface area contributed by atoms with Crippen LogP contribution in [0.25, 0.3) is 21.3 Å². The first kappa shape index (κ1) is 15.1. The molecule has 0 aliphatic rings. The number of anilines is 2. The van der Waals surface area contributed by atoms with Crippen LogP contribution in [0.5, 0.6) is 5.75 Å². The van der Waals surface area contributed by atoms with E-state index in [2.05, 4.69) is 20.3 Å². The van der Waals surface area contributed by atoms with Crippen molar-refractivity contribution in [1.82, 2.24) is 15.0 Å². The highest BCUT2D eigenvalue weighted by atomic mass is 35.5. The van der Waals surface area contributed by atoms with E-state index < -0.39 is 0 Å². The molecule has 0 radical (unpaired) electrons. The second-order valence-corrected chi connectivity index (χ2v) is 6.45. The zero-order chi connectivity index (χ0) is 16.5. The highest BCUT2D eigenvalue weighted by Gasteiger charge is 2.10. The molecule has 0 saturated carbocycles. The van der Waals surface area contributed by atoms with Crippen LogP contribution in [0.2, 0.25) is 5.15 Å². The summed E-state index contributed by atoms with van der Waals surface area (Å²) in [5.41, 5.74) is 2.44. The number of para-hydroxylation sites is 2. The molecule has 2 aromatic carbocycles. The highest BCUT2D eigenvalue weighted by Crippen LogP contribution is 2.32. The maximum Gasteiger partial charge on any atom is 0.189 e. The number of fused-ring (bicyclic) bond motifs is 2. The topological polar surface area (TPSA) is 59.9 Å². The minimum absolute atomic E-state index is 0.322. The van der Waals surface area contributed by atoms with Crippen molar-refractivity contribution in [3.8, 4) is 5.75 Å². The van der Waals surface area contributed by atoms with Gasteiger partial charge in [-0.05, 0) is 37.3 Å². The van der Waals surface area contributed by atoms with Gasteiger partial charge in [0.05, 0.1) is 27.9 Å². The van der Waals surface area contributed by atoms with Crippen molar-refractivity contribution < 1.29 is 4.74 Å². The molecular formula is C17H13ClN4OS. The lowest BCUT2D eigenvalue weighted by molar-refractivity contribution is 0.341. The van der Waals surface area contributed by atoms with Crippen molar-refractivity contribution in [2.24, 2.45) is 0 Å². The minimum Gasteiger partial charge on any atom is -0.494 e. The molecule has 5 nitrogen and oxygen atoms in total. The lowest BCUT2D eigenvalue weighted by Crippen LogP contribution is -1.96. The minimum atomic E-state index is 0.322. The van der Waals surface area contributed by atoms with Crippen molar-refractivity contribution in [3.05, 3.63) is 47.6 Å². The summed E-state index contributed by atoms with van der Waals surface area (Å²) in [5.74, 6) is 1.34. The number of aromatic nitrogens is 3. The molecule has 1 N–H and O–H groups in total. The van der Waals surface area contributed by atoms with Gasteiger partial charge in [-0.1, -0.05) is 35.1 Å². The molecule has 0 aliphatic carbocycles. The smallest absolute Gasteiger partial charge is 0.189 e. The molecule has 0 aliphatic heterocycles. The number of halogens is 1. The Bertz CT molecular complexity index is 1030. The lowest BCUT2D eigenvalue weighted by atomic mass is 10.3. The van der Waals surface area contributed by atoms with Gasteiger partial charge in [0.25, 0.3) is 0 Å². The van der Waals surface area contributed by atoms with Crippen LogP contribution < -0.4 is 10.1 Å². The molecular weight excluding hydrogens is 344 g/mol. The van der Waals surface area contributed by atoms with Crippen molar-refractivity contribution >= 4 is 55.1 Å². The molecule has 0 bridgehead atoms. The molecule has 0 spiro atoms. The van der Waals surface area contributed by atoms with Crippen LogP contribution in [0.3, 0.4) is 0 Å². The van der Waals surface area contributed by atoms with Gasteiger partial charge in [-0.3, -0.25) is 0 Å². The van der Waals surface area contributed by atoms with Crippen LogP contribution in [-0.4, -0.2) is 21.6 Å². The van der Waals surface area contributed by atoms with E-state index in [9.17, 15) is 0 Å². The van der Waals surface area contributed by atoms with Crippen molar-refractivity contribution in [2.75, 3.05) is 11.9 Å². The number of thiazole rings is 1. The van der Waals surface area contributed by atoms with Crippen molar-refractivity contribution in [1.29, 1.82) is 0 Å². The van der Waals surface area contributed by atoms with Gasteiger partial charge in [0.15, 0.2) is 16.1 Å². The number of nitrogens with one attached hydrogen (secondary N) is 1. The molecule has 0 fully saturated rings. The van der Waals surface area contributed by atoms with Gasteiger partial charge in [-0.2, -0.15) is 0 Å². The summed E-state index contributed by atoms with van der Waals surface area (Å²) in [6, 6.07) is 13.4. The average Bonchev–Trinajstić information content (AvgIpc) is 2.97. The normalized spacial score (nSPS) is 11.1. The summed E-state index contributed by atoms with van der Waals surface area (Å²) < 4.78 is 6.56. The van der Waals surface area contributed by atoms with E-state index in [0.29, 0.717) is 22.7 Å². The summed E-state index contributed by atoms with van der Waals surface area (Å²) in [6.45, 7) is 2.60. The predicted octanol–water partition coefficient (Wildman–Crippen LogP) is 5.04. The summed E-state index contributed by atoms with van der Waals surface area (Å²) in [5, 5.41) is 4.20. The number of hydrogen-bond donors (Lipinski definition) is 1. The quantitative estimate of drug-likeness (QED) is 0.555. The van der Waals surface area contributed by atoms with E-state index >= 15 is 0 Å². The Kier molecular flexibility index (Phi) is 3.92. The SMILES string of the molecule is CCOc1ccc2nc(Nc3nc4ccccc4nc3Cl)sc2c1. The second kappa shape index (κ2) is 6.22. The Morgan fingerprint density at radius 3 is 2.62 bits per heavy atom. The first-order valence-electron chi connectivity index (χ1n) is 7.45. The molecule has 0 saturated heterocycles. The third kappa shape index (κ3) is 2.86. The van der Waals surface area contributed by atoms with Gasteiger partial charge in [0, 0.05) is 0 Å². The average molecular weight is 357 g/mol. The largest absolute Gasteiger partial charge is 0.494 e. The summed E-state index contributed by atoms with van der Waals surface area (Å²) in [4.78, 5) is 13.4. The summed E-state index contributed by atoms with van der Waals surface area (Å²) in [7, 11) is 0. The van der Waals surface area contributed by atoms with E-state index in [-0.39, 0.29) is 0 Å². The number of benzene rings is 2. The Hall–Kier alpha value is -2.44. The Balaban J connectivity index is 1.69. The number of nitrogens with zero attached hydrogens (tertiary/aromatic N) is 3. The highest BCUT2D eigenvalue weighted by molar-refractivity contribution is 7.22.